The standard InChI is InChI=1S/C16H14F2N2O/c17-9-16(10-18)8-13(14-3-1-2-6-20-14)12-7-11(19)4-5-15(12)21-16/h1-8H,9-10,19H2. The maximum atomic E-state index is 13.3. The molecule has 0 amide bonds. The topological polar surface area (TPSA) is 48.1 Å². The van der Waals surface area contributed by atoms with Gasteiger partial charge in [-0.15, -0.1) is 0 Å². The normalized spacial score (nSPS) is 15.8. The maximum Gasteiger partial charge on any atom is 0.184 e. The first-order valence-corrected chi connectivity index (χ1v) is 6.52. The highest BCUT2D eigenvalue weighted by molar-refractivity contribution is 5.84. The number of nitrogens with zero attached hydrogens (tertiary/aromatic N) is 1. The van der Waals surface area contributed by atoms with E-state index in [2.05, 4.69) is 4.98 Å². The van der Waals surface area contributed by atoms with Gasteiger partial charge < -0.3 is 10.5 Å². The van der Waals surface area contributed by atoms with Crippen molar-refractivity contribution in [3.63, 3.8) is 0 Å². The lowest BCUT2D eigenvalue weighted by Crippen LogP contribution is -2.41. The van der Waals surface area contributed by atoms with Crippen molar-refractivity contribution < 1.29 is 13.5 Å². The molecule has 0 aliphatic carbocycles. The number of nitrogen functional groups attached to an aromatic ring is 1. The van der Waals surface area contributed by atoms with Gasteiger partial charge in [0.1, 0.15) is 19.1 Å². The van der Waals surface area contributed by atoms with Crippen molar-refractivity contribution in [3.05, 3.63) is 59.9 Å². The molecule has 108 valence electrons. The Hall–Kier alpha value is -2.43. The summed E-state index contributed by atoms with van der Waals surface area (Å²) in [5, 5.41) is 0. The van der Waals surface area contributed by atoms with E-state index in [1.54, 1.807) is 36.5 Å². The van der Waals surface area contributed by atoms with Crippen molar-refractivity contribution in [2.24, 2.45) is 0 Å². The second-order valence-corrected chi connectivity index (χ2v) is 4.96. The Bertz CT molecular complexity index is 682. The van der Waals surface area contributed by atoms with Crippen LogP contribution in [0, 0.1) is 0 Å². The van der Waals surface area contributed by atoms with Gasteiger partial charge in [0.2, 0.25) is 0 Å². The quantitative estimate of drug-likeness (QED) is 0.883. The molecule has 5 heteroatoms. The summed E-state index contributed by atoms with van der Waals surface area (Å²) >= 11 is 0. The van der Waals surface area contributed by atoms with Crippen LogP contribution >= 0.6 is 0 Å². The summed E-state index contributed by atoms with van der Waals surface area (Å²) in [4.78, 5) is 4.26. The van der Waals surface area contributed by atoms with Crippen LogP contribution < -0.4 is 10.5 Å². The molecule has 0 fully saturated rings. The minimum Gasteiger partial charge on any atom is -0.477 e. The number of fused-ring (bicyclic) bond motifs is 1. The number of hydrogen-bond acceptors (Lipinski definition) is 3. The van der Waals surface area contributed by atoms with Crippen LogP contribution in [-0.2, 0) is 0 Å². The van der Waals surface area contributed by atoms with E-state index in [1.165, 1.54) is 6.08 Å². The molecule has 0 bridgehead atoms. The molecule has 1 aliphatic heterocycles. The number of halogens is 2. The number of nitrogens with two attached hydrogens (primary N) is 1. The number of rotatable bonds is 3. The summed E-state index contributed by atoms with van der Waals surface area (Å²) < 4.78 is 32.2. The monoisotopic (exact) mass is 288 g/mol. The van der Waals surface area contributed by atoms with Crippen LogP contribution in [0.3, 0.4) is 0 Å². The molecule has 3 nitrogen and oxygen atoms in total. The third-order valence-electron chi connectivity index (χ3n) is 3.41. The van der Waals surface area contributed by atoms with Gasteiger partial charge in [-0.05, 0) is 36.4 Å². The van der Waals surface area contributed by atoms with Gasteiger partial charge in [0.25, 0.3) is 0 Å². The Balaban J connectivity index is 2.21. The van der Waals surface area contributed by atoms with Crippen LogP contribution in [0.15, 0.2) is 48.7 Å². The molecule has 0 saturated heterocycles. The number of hydrogen-bond donors (Lipinski definition) is 1. The summed E-state index contributed by atoms with van der Waals surface area (Å²) in [5.74, 6) is 0.405. The van der Waals surface area contributed by atoms with Crippen molar-refractivity contribution in [3.8, 4) is 5.75 Å². The van der Waals surface area contributed by atoms with Crippen molar-refractivity contribution in [2.75, 3.05) is 19.1 Å². The summed E-state index contributed by atoms with van der Waals surface area (Å²) in [7, 11) is 0. The van der Waals surface area contributed by atoms with Crippen molar-refractivity contribution in [1.29, 1.82) is 0 Å². The van der Waals surface area contributed by atoms with E-state index < -0.39 is 19.0 Å². The highest BCUT2D eigenvalue weighted by atomic mass is 19.1. The lowest BCUT2D eigenvalue weighted by atomic mass is 9.91. The third-order valence-corrected chi connectivity index (χ3v) is 3.41. The molecule has 0 atom stereocenters. The lowest BCUT2D eigenvalue weighted by molar-refractivity contribution is 0.0594. The maximum absolute atomic E-state index is 13.3. The highest BCUT2D eigenvalue weighted by Crippen LogP contribution is 2.40. The molecule has 1 aliphatic rings. The summed E-state index contributed by atoms with van der Waals surface area (Å²) in [6.45, 7) is -1.91. The first-order chi connectivity index (χ1) is 10.2. The number of anilines is 1. The number of alkyl halides is 2. The summed E-state index contributed by atoms with van der Waals surface area (Å²) in [6, 6.07) is 10.4. The van der Waals surface area contributed by atoms with Crippen molar-refractivity contribution in [1.82, 2.24) is 4.98 Å². The fraction of sp³-hybridized carbons (Fsp3) is 0.188. The molecule has 2 aromatic rings. The molecule has 1 aromatic heterocycles. The molecule has 1 aromatic carbocycles. The molecule has 2 N–H and O–H groups in total. The number of ether oxygens (including phenoxy) is 1. The fourth-order valence-corrected chi connectivity index (χ4v) is 2.34. The van der Waals surface area contributed by atoms with E-state index in [1.807, 2.05) is 6.07 Å². The van der Waals surface area contributed by atoms with Crippen molar-refractivity contribution in [2.45, 2.75) is 5.60 Å². The molecule has 2 heterocycles. The van der Waals surface area contributed by atoms with Crippen molar-refractivity contribution >= 4 is 11.3 Å². The zero-order chi connectivity index (χ0) is 14.9. The Labute approximate surface area is 121 Å². The van der Waals surface area contributed by atoms with Gasteiger partial charge in [-0.1, -0.05) is 6.07 Å². The average molecular weight is 288 g/mol. The third kappa shape index (κ3) is 2.35. The average Bonchev–Trinajstić information content (AvgIpc) is 2.55. The molecular formula is C16H14F2N2O. The molecule has 0 unspecified atom stereocenters. The number of pyridine rings is 1. The Morgan fingerprint density at radius 1 is 1.14 bits per heavy atom. The van der Waals surface area contributed by atoms with Crippen LogP contribution in [0.2, 0.25) is 0 Å². The Morgan fingerprint density at radius 2 is 1.95 bits per heavy atom. The SMILES string of the molecule is Nc1ccc2c(c1)C(c1ccccn1)=CC(CF)(CF)O2. The van der Waals surface area contributed by atoms with E-state index in [-0.39, 0.29) is 0 Å². The van der Waals surface area contributed by atoms with E-state index in [4.69, 9.17) is 10.5 Å². The number of aromatic nitrogens is 1. The van der Waals surface area contributed by atoms with Crippen LogP contribution in [0.1, 0.15) is 11.3 Å². The van der Waals surface area contributed by atoms with Crippen LogP contribution in [-0.4, -0.2) is 23.9 Å². The second-order valence-electron chi connectivity index (χ2n) is 4.96. The molecule has 0 saturated carbocycles. The molecule has 0 radical (unpaired) electrons. The van der Waals surface area contributed by atoms with Gasteiger partial charge >= 0.3 is 0 Å². The predicted octanol–water partition coefficient (Wildman–Crippen LogP) is 3.17. The second kappa shape index (κ2) is 5.16. The van der Waals surface area contributed by atoms with E-state index in [9.17, 15) is 8.78 Å². The van der Waals surface area contributed by atoms with Gasteiger partial charge in [0.05, 0.1) is 5.69 Å². The van der Waals surface area contributed by atoms with Gasteiger partial charge in [0.15, 0.2) is 5.60 Å². The molecule has 3 rings (SSSR count). The van der Waals surface area contributed by atoms with E-state index >= 15 is 0 Å². The fourth-order valence-electron chi connectivity index (χ4n) is 2.34. The van der Waals surface area contributed by atoms with Gasteiger partial charge in [-0.25, -0.2) is 8.78 Å². The van der Waals surface area contributed by atoms with Crippen LogP contribution in [0.25, 0.3) is 5.57 Å². The van der Waals surface area contributed by atoms with Crippen LogP contribution in [0.4, 0.5) is 14.5 Å². The van der Waals surface area contributed by atoms with Crippen LogP contribution in [0.5, 0.6) is 5.75 Å². The predicted molar refractivity (Wildman–Crippen MR) is 77.5 cm³/mol. The van der Waals surface area contributed by atoms with E-state index in [0.717, 1.165) is 0 Å². The summed E-state index contributed by atoms with van der Waals surface area (Å²) in [5.41, 5.74) is 6.69. The smallest absolute Gasteiger partial charge is 0.184 e. The lowest BCUT2D eigenvalue weighted by Gasteiger charge is -2.32. The largest absolute Gasteiger partial charge is 0.477 e. The number of benzene rings is 1. The molecule has 21 heavy (non-hydrogen) atoms. The Kier molecular flexibility index (Phi) is 3.33. The van der Waals surface area contributed by atoms with Gasteiger partial charge in [-0.2, -0.15) is 0 Å². The minimum absolute atomic E-state index is 0.405. The zero-order valence-electron chi connectivity index (χ0n) is 11.2. The highest BCUT2D eigenvalue weighted by Gasteiger charge is 2.36. The van der Waals surface area contributed by atoms with Gasteiger partial charge in [-0.3, -0.25) is 4.98 Å². The zero-order valence-corrected chi connectivity index (χ0v) is 11.2. The molecule has 0 spiro atoms. The minimum atomic E-state index is -1.60. The molecular weight excluding hydrogens is 274 g/mol. The first-order valence-electron chi connectivity index (χ1n) is 6.52. The summed E-state index contributed by atoms with van der Waals surface area (Å²) in [6.07, 6.45) is 3.08. The van der Waals surface area contributed by atoms with Gasteiger partial charge in [0, 0.05) is 23.0 Å². The Morgan fingerprint density at radius 3 is 2.62 bits per heavy atom. The van der Waals surface area contributed by atoms with E-state index in [0.29, 0.717) is 28.3 Å². The first kappa shape index (κ1) is 13.5.